The second-order valence-electron chi connectivity index (χ2n) is 3.74. The Balaban J connectivity index is 2.82. The van der Waals surface area contributed by atoms with Gasteiger partial charge in [-0.25, -0.2) is 0 Å². The topological polar surface area (TPSA) is 57.2 Å². The number of nitriles is 1. The van der Waals surface area contributed by atoms with E-state index >= 15 is 0 Å². The average molecular weight is 220 g/mol. The van der Waals surface area contributed by atoms with Crippen LogP contribution in [-0.4, -0.2) is 23.9 Å². The molecule has 86 valence electrons. The maximum absolute atomic E-state index is 12.1. The van der Waals surface area contributed by atoms with Gasteiger partial charge >= 0.3 is 0 Å². The van der Waals surface area contributed by atoms with Crippen LogP contribution in [0.5, 0.6) is 0 Å². The minimum absolute atomic E-state index is 0.0860. The summed E-state index contributed by atoms with van der Waals surface area (Å²) in [5.74, 6) is 0.606. The van der Waals surface area contributed by atoms with Crippen molar-refractivity contribution in [2.75, 3.05) is 7.05 Å². The molecule has 0 aliphatic heterocycles. The predicted molar refractivity (Wildman–Crippen MR) is 59.9 cm³/mol. The van der Waals surface area contributed by atoms with Gasteiger partial charge in [0.25, 0.3) is 5.91 Å². The number of carbonyl (C=O) groups excluding carboxylic acids is 1. The molecule has 4 heteroatoms. The van der Waals surface area contributed by atoms with Crippen LogP contribution in [0, 0.1) is 11.3 Å². The summed E-state index contributed by atoms with van der Waals surface area (Å²) in [6.45, 7) is 3.79. The monoisotopic (exact) mass is 220 g/mol. The number of hydrogen-bond acceptors (Lipinski definition) is 3. The van der Waals surface area contributed by atoms with E-state index < -0.39 is 0 Å². The van der Waals surface area contributed by atoms with Gasteiger partial charge in [0, 0.05) is 19.5 Å². The van der Waals surface area contributed by atoms with Crippen LogP contribution in [0.25, 0.3) is 0 Å². The third-order valence-electron chi connectivity index (χ3n) is 2.67. The quantitative estimate of drug-likeness (QED) is 0.781. The molecule has 1 atom stereocenters. The normalized spacial score (nSPS) is 11.9. The maximum Gasteiger partial charge on any atom is 0.257 e. The molecule has 0 aromatic carbocycles. The fourth-order valence-electron chi connectivity index (χ4n) is 1.46. The van der Waals surface area contributed by atoms with Crippen LogP contribution in [0.4, 0.5) is 0 Å². The van der Waals surface area contributed by atoms with Gasteiger partial charge in [0.1, 0.15) is 5.76 Å². The van der Waals surface area contributed by atoms with E-state index in [1.807, 2.05) is 13.8 Å². The van der Waals surface area contributed by atoms with Crippen molar-refractivity contribution in [3.05, 3.63) is 23.7 Å². The van der Waals surface area contributed by atoms with E-state index in [4.69, 9.17) is 9.68 Å². The lowest BCUT2D eigenvalue weighted by Gasteiger charge is -2.22. The third-order valence-corrected chi connectivity index (χ3v) is 2.67. The van der Waals surface area contributed by atoms with E-state index in [-0.39, 0.29) is 11.9 Å². The van der Waals surface area contributed by atoms with Crippen molar-refractivity contribution in [3.8, 4) is 6.07 Å². The van der Waals surface area contributed by atoms with E-state index in [1.54, 1.807) is 18.0 Å². The van der Waals surface area contributed by atoms with Gasteiger partial charge in [-0.2, -0.15) is 5.26 Å². The summed E-state index contributed by atoms with van der Waals surface area (Å²) in [5.41, 5.74) is 0.592. The molecule has 0 N–H and O–H groups in total. The summed E-state index contributed by atoms with van der Waals surface area (Å²) in [5, 5.41) is 8.59. The largest absolute Gasteiger partial charge is 0.469 e. The highest BCUT2D eigenvalue weighted by atomic mass is 16.3. The number of aryl methyl sites for hydroxylation is 1. The highest BCUT2D eigenvalue weighted by Gasteiger charge is 2.20. The van der Waals surface area contributed by atoms with Crippen LogP contribution >= 0.6 is 0 Å². The van der Waals surface area contributed by atoms with Crippen molar-refractivity contribution in [2.45, 2.75) is 32.7 Å². The smallest absolute Gasteiger partial charge is 0.257 e. The highest BCUT2D eigenvalue weighted by molar-refractivity contribution is 5.95. The lowest BCUT2D eigenvalue weighted by molar-refractivity contribution is 0.0744. The van der Waals surface area contributed by atoms with E-state index in [1.165, 1.54) is 6.26 Å². The van der Waals surface area contributed by atoms with Gasteiger partial charge in [-0.3, -0.25) is 4.79 Å². The van der Waals surface area contributed by atoms with Gasteiger partial charge in [0.05, 0.1) is 24.3 Å². The molecule has 16 heavy (non-hydrogen) atoms. The SMILES string of the molecule is CCc1occc1C(=O)N(C)C(C)CC#N. The summed E-state index contributed by atoms with van der Waals surface area (Å²) in [4.78, 5) is 13.6. The molecule has 1 aromatic rings. The number of hydrogen-bond donors (Lipinski definition) is 0. The van der Waals surface area contributed by atoms with Crippen molar-refractivity contribution in [1.29, 1.82) is 5.26 Å². The van der Waals surface area contributed by atoms with Gasteiger partial charge in [-0.1, -0.05) is 6.92 Å². The van der Waals surface area contributed by atoms with E-state index in [0.717, 1.165) is 0 Å². The third kappa shape index (κ3) is 2.43. The van der Waals surface area contributed by atoms with Crippen LogP contribution in [-0.2, 0) is 6.42 Å². The summed E-state index contributed by atoms with van der Waals surface area (Å²) in [6.07, 6.45) is 2.55. The molecule has 1 unspecified atom stereocenters. The second kappa shape index (κ2) is 5.36. The number of amides is 1. The van der Waals surface area contributed by atoms with Gasteiger partial charge < -0.3 is 9.32 Å². The molecule has 4 nitrogen and oxygen atoms in total. The lowest BCUT2D eigenvalue weighted by Crippen LogP contribution is -2.35. The molecule has 0 radical (unpaired) electrons. The molecule has 0 saturated carbocycles. The van der Waals surface area contributed by atoms with Crippen LogP contribution < -0.4 is 0 Å². The minimum atomic E-state index is -0.0895. The molecule has 0 saturated heterocycles. The first kappa shape index (κ1) is 12.3. The molecule has 0 bridgehead atoms. The van der Waals surface area contributed by atoms with E-state index in [0.29, 0.717) is 24.2 Å². The van der Waals surface area contributed by atoms with Crippen LogP contribution in [0.2, 0.25) is 0 Å². The summed E-state index contributed by atoms with van der Waals surface area (Å²) in [7, 11) is 1.71. The summed E-state index contributed by atoms with van der Waals surface area (Å²) in [6, 6.07) is 3.65. The Hall–Kier alpha value is -1.76. The zero-order valence-corrected chi connectivity index (χ0v) is 9.86. The Kier molecular flexibility index (Phi) is 4.12. The van der Waals surface area contributed by atoms with Crippen molar-refractivity contribution in [1.82, 2.24) is 4.90 Å². The number of nitrogens with zero attached hydrogens (tertiary/aromatic N) is 2. The fraction of sp³-hybridized carbons (Fsp3) is 0.500. The van der Waals surface area contributed by atoms with Gasteiger partial charge in [0.15, 0.2) is 0 Å². The molecule has 1 aromatic heterocycles. The van der Waals surface area contributed by atoms with Gasteiger partial charge in [-0.05, 0) is 13.0 Å². The second-order valence-corrected chi connectivity index (χ2v) is 3.74. The molecular formula is C12H16N2O2. The van der Waals surface area contributed by atoms with Crippen molar-refractivity contribution >= 4 is 5.91 Å². The molecule has 0 aliphatic rings. The molecule has 1 rings (SSSR count). The average Bonchev–Trinajstić information content (AvgIpc) is 2.75. The molecule has 1 amide bonds. The van der Waals surface area contributed by atoms with E-state index in [9.17, 15) is 4.79 Å². The van der Waals surface area contributed by atoms with Gasteiger partial charge in [-0.15, -0.1) is 0 Å². The van der Waals surface area contributed by atoms with Crippen LogP contribution in [0.3, 0.4) is 0 Å². The Morgan fingerprint density at radius 1 is 1.69 bits per heavy atom. The zero-order valence-electron chi connectivity index (χ0n) is 9.86. The first-order valence-electron chi connectivity index (χ1n) is 5.32. The predicted octanol–water partition coefficient (Wildman–Crippen LogP) is 2.22. The lowest BCUT2D eigenvalue weighted by atomic mass is 10.1. The minimum Gasteiger partial charge on any atom is -0.469 e. The van der Waals surface area contributed by atoms with E-state index in [2.05, 4.69) is 6.07 Å². The van der Waals surface area contributed by atoms with Crippen molar-refractivity contribution < 1.29 is 9.21 Å². The Morgan fingerprint density at radius 2 is 2.38 bits per heavy atom. The molecule has 0 spiro atoms. The van der Waals surface area contributed by atoms with Crippen molar-refractivity contribution in [3.63, 3.8) is 0 Å². The zero-order chi connectivity index (χ0) is 12.1. The number of carbonyl (C=O) groups is 1. The first-order chi connectivity index (χ1) is 7.61. The first-order valence-corrected chi connectivity index (χ1v) is 5.32. The Bertz CT molecular complexity index is 403. The van der Waals surface area contributed by atoms with Crippen LogP contribution in [0.1, 0.15) is 36.4 Å². The maximum atomic E-state index is 12.1. The molecule has 1 heterocycles. The summed E-state index contributed by atoms with van der Waals surface area (Å²) >= 11 is 0. The van der Waals surface area contributed by atoms with Gasteiger partial charge in [0.2, 0.25) is 0 Å². The molecule has 0 aliphatic carbocycles. The Morgan fingerprint density at radius 3 is 2.94 bits per heavy atom. The number of rotatable bonds is 4. The fourth-order valence-corrected chi connectivity index (χ4v) is 1.46. The summed E-state index contributed by atoms with van der Waals surface area (Å²) < 4.78 is 5.21. The van der Waals surface area contributed by atoms with Crippen LogP contribution in [0.15, 0.2) is 16.7 Å². The van der Waals surface area contributed by atoms with Crippen molar-refractivity contribution in [2.24, 2.45) is 0 Å². The number of furan rings is 1. The highest BCUT2D eigenvalue weighted by Crippen LogP contribution is 2.15. The molecule has 0 fully saturated rings. The Labute approximate surface area is 95.5 Å². The standard InChI is InChI=1S/C12H16N2O2/c1-4-11-10(6-8-16-11)12(15)14(3)9(2)5-7-13/h6,8-9H,4-5H2,1-3H3. The molecular weight excluding hydrogens is 204 g/mol.